The molecule has 4 saturated heterocycles. The lowest BCUT2D eigenvalue weighted by Gasteiger charge is -2.48. The molecule has 4 amide bonds. The van der Waals surface area contributed by atoms with E-state index in [-0.39, 0.29) is 46.4 Å². The van der Waals surface area contributed by atoms with E-state index in [1.165, 1.54) is 13.3 Å². The number of aromatic nitrogens is 6. The Morgan fingerprint density at radius 2 is 1.57 bits per heavy atom. The Morgan fingerprint density at radius 1 is 0.840 bits per heavy atom. The fourth-order valence-corrected chi connectivity index (χ4v) is 13.3. The monoisotopic (exact) mass is 1060 g/mol. The van der Waals surface area contributed by atoms with Crippen molar-refractivity contribution < 1.29 is 32.9 Å². The fourth-order valence-electron chi connectivity index (χ4n) is 11.7. The summed E-state index contributed by atoms with van der Waals surface area (Å²) in [6.07, 6.45) is 14.4. The second-order valence-electron chi connectivity index (χ2n) is 20.8. The molecule has 75 heavy (non-hydrogen) atoms. The van der Waals surface area contributed by atoms with Crippen molar-refractivity contribution in [1.29, 1.82) is 0 Å². The maximum Gasteiger partial charge on any atom is 0.262 e. The molecule has 1 atom stereocenters. The van der Waals surface area contributed by atoms with E-state index in [0.29, 0.717) is 63.5 Å². The average Bonchev–Trinajstić information content (AvgIpc) is 3.94. The number of likely N-dealkylation sites (tertiary alicyclic amines) is 1. The number of hydrogen-bond acceptors (Lipinski definition) is 16. The van der Waals surface area contributed by atoms with E-state index < -0.39 is 42.6 Å². The summed E-state index contributed by atoms with van der Waals surface area (Å²) < 4.78 is 38.4. The van der Waals surface area contributed by atoms with Crippen LogP contribution in [0.1, 0.15) is 72.1 Å². The number of ether oxygens (including phenoxy) is 1. The molecule has 0 bridgehead atoms. The average molecular weight is 1060 g/mol. The van der Waals surface area contributed by atoms with Gasteiger partial charge in [0.15, 0.2) is 17.4 Å². The number of benzene rings is 3. The summed E-state index contributed by atoms with van der Waals surface area (Å²) in [5.41, 5.74) is 5.41. The summed E-state index contributed by atoms with van der Waals surface area (Å²) in [6, 6.07) is 9.77. The lowest BCUT2D eigenvalue weighted by molar-refractivity contribution is -0.136. The summed E-state index contributed by atoms with van der Waals surface area (Å²) in [5, 5.41) is 13.9. The van der Waals surface area contributed by atoms with Gasteiger partial charge in [0.05, 0.1) is 58.5 Å². The Kier molecular flexibility index (Phi) is 13.3. The van der Waals surface area contributed by atoms with Crippen LogP contribution in [-0.4, -0.2) is 135 Å². The fraction of sp³-hybridized carbons (Fsp3) is 0.415. The highest BCUT2D eigenvalue weighted by Gasteiger charge is 2.45. The van der Waals surface area contributed by atoms with Gasteiger partial charge in [-0.25, -0.2) is 9.37 Å². The minimum atomic E-state index is -2.89. The van der Waals surface area contributed by atoms with Crippen molar-refractivity contribution >= 4 is 93.2 Å². The van der Waals surface area contributed by atoms with E-state index >= 15 is 4.39 Å². The van der Waals surface area contributed by atoms with Crippen molar-refractivity contribution in [2.24, 2.45) is 18.4 Å². The molecule has 3 aromatic carbocycles. The molecule has 5 aliphatic heterocycles. The molecule has 0 radical (unpaired) electrons. The third kappa shape index (κ3) is 9.67. The number of nitrogens with zero attached hydrogens (tertiary/aromatic N) is 10. The van der Waals surface area contributed by atoms with E-state index in [4.69, 9.17) is 16.3 Å². The van der Waals surface area contributed by atoms with Gasteiger partial charge in [0.25, 0.3) is 11.8 Å². The van der Waals surface area contributed by atoms with Crippen molar-refractivity contribution in [2.75, 3.05) is 86.7 Å². The van der Waals surface area contributed by atoms with Gasteiger partial charge < -0.3 is 34.6 Å². The van der Waals surface area contributed by atoms with Crippen LogP contribution in [-0.2, 0) is 21.2 Å². The maximum absolute atomic E-state index is 17.3. The van der Waals surface area contributed by atoms with Gasteiger partial charge in [0.1, 0.15) is 23.7 Å². The first-order valence-corrected chi connectivity index (χ1v) is 28.4. The number of aryl methyl sites for hydroxylation is 1. The maximum atomic E-state index is 17.3. The van der Waals surface area contributed by atoms with Gasteiger partial charge in [-0.3, -0.25) is 44.0 Å². The van der Waals surface area contributed by atoms with Crippen LogP contribution < -0.4 is 35.8 Å². The third-order valence-corrected chi connectivity index (χ3v) is 17.6. The quantitative estimate of drug-likeness (QED) is 0.0807. The number of nitrogens with one attached hydrogen (secondary N) is 3. The number of piperidine rings is 4. The van der Waals surface area contributed by atoms with Crippen LogP contribution in [0.15, 0.2) is 67.4 Å². The van der Waals surface area contributed by atoms with E-state index in [1.807, 2.05) is 25.4 Å². The van der Waals surface area contributed by atoms with Crippen LogP contribution in [0.5, 0.6) is 5.75 Å². The highest BCUT2D eigenvalue weighted by molar-refractivity contribution is 7.71. The minimum Gasteiger partial charge on any atom is -0.492 e. The van der Waals surface area contributed by atoms with E-state index in [0.717, 1.165) is 87.4 Å². The third-order valence-electron chi connectivity index (χ3n) is 15.8. The molecular formula is C53H58ClFN13O6P. The molecule has 4 fully saturated rings. The van der Waals surface area contributed by atoms with Crippen LogP contribution >= 0.6 is 18.7 Å². The molecule has 19 nitrogen and oxygen atoms in total. The Balaban J connectivity index is 0.731. The first-order valence-electron chi connectivity index (χ1n) is 25.4. The number of carbonyl (C=O) groups excluding carboxylic acids is 4. The van der Waals surface area contributed by atoms with Crippen LogP contribution in [0.2, 0.25) is 5.02 Å². The van der Waals surface area contributed by atoms with Gasteiger partial charge in [-0.2, -0.15) is 10.1 Å². The highest BCUT2D eigenvalue weighted by Crippen LogP contribution is 2.48. The highest BCUT2D eigenvalue weighted by atomic mass is 35.5. The standard InChI is InChI=1S/C53H58ClFN13O6P/c1-64-30-32(27-59-64)35-26-40(61-52-58-28-37(54)48(63-52)60-39-8-7-38-44(57-18-17-56-38)47(39)75(3,4)73)46(74-2)43(55)45(35)67-23-15-53(16-24-67)13-21-65(22-14-53)29-31-11-19-66(20-12-31)33-5-6-34-36(25-33)51(72)68(50(34)71)41-9-10-42(69)62-49(41)70/h5-8,17-18,25-28,30-31,41H,9-16,19-24,29H2,1-4H3,(H,62,69,70)(H2,58,60,61,63). The molecule has 390 valence electrons. The number of anilines is 6. The van der Waals surface area contributed by atoms with Crippen molar-refractivity contribution in [3.05, 3.63) is 89.3 Å². The number of methoxy groups -OCH3 is 1. The lowest BCUT2D eigenvalue weighted by Crippen LogP contribution is -2.54. The van der Waals surface area contributed by atoms with E-state index in [9.17, 15) is 23.7 Å². The number of rotatable bonds is 12. The van der Waals surface area contributed by atoms with Crippen LogP contribution in [0.25, 0.3) is 22.2 Å². The Morgan fingerprint density at radius 3 is 2.28 bits per heavy atom. The van der Waals surface area contributed by atoms with Gasteiger partial charge >= 0.3 is 0 Å². The van der Waals surface area contributed by atoms with Crippen molar-refractivity contribution in [3.63, 3.8) is 0 Å². The Labute approximate surface area is 437 Å². The van der Waals surface area contributed by atoms with Crippen LogP contribution in [0.4, 0.5) is 38.9 Å². The normalized spacial score (nSPS) is 19.5. The topological polar surface area (TPSA) is 213 Å². The van der Waals surface area contributed by atoms with Crippen LogP contribution in [0, 0.1) is 17.2 Å². The van der Waals surface area contributed by atoms with Gasteiger partial charge in [0, 0.05) is 81.6 Å². The first-order chi connectivity index (χ1) is 36.1. The molecule has 0 aliphatic carbocycles. The summed E-state index contributed by atoms with van der Waals surface area (Å²) in [5.74, 6) is -1.62. The zero-order valence-electron chi connectivity index (χ0n) is 42.2. The number of hydrogen-bond donors (Lipinski definition) is 3. The lowest BCUT2D eigenvalue weighted by atomic mass is 9.71. The predicted octanol–water partition coefficient (Wildman–Crippen LogP) is 7.36. The summed E-state index contributed by atoms with van der Waals surface area (Å²) >= 11 is 6.65. The van der Waals surface area contributed by atoms with Gasteiger partial charge in [-0.15, -0.1) is 0 Å². The van der Waals surface area contributed by atoms with Crippen molar-refractivity contribution in [3.8, 4) is 16.9 Å². The molecule has 6 aromatic rings. The molecule has 0 saturated carbocycles. The van der Waals surface area contributed by atoms with E-state index in [2.05, 4.69) is 55.7 Å². The number of carbonyl (C=O) groups is 4. The van der Waals surface area contributed by atoms with Crippen molar-refractivity contribution in [1.82, 2.24) is 44.8 Å². The smallest absolute Gasteiger partial charge is 0.262 e. The van der Waals surface area contributed by atoms with Crippen molar-refractivity contribution in [2.45, 2.75) is 57.4 Å². The Bertz CT molecular complexity index is 3330. The number of imide groups is 2. The largest absolute Gasteiger partial charge is 0.492 e. The zero-order valence-corrected chi connectivity index (χ0v) is 43.9. The summed E-state index contributed by atoms with van der Waals surface area (Å²) in [7, 11) is 0.380. The minimum absolute atomic E-state index is 0.00987. The Hall–Kier alpha value is -7.02. The second kappa shape index (κ2) is 19.9. The number of fused-ring (bicyclic) bond motifs is 2. The number of halogens is 2. The molecule has 1 unspecified atom stereocenters. The predicted molar refractivity (Wildman–Crippen MR) is 285 cm³/mol. The van der Waals surface area contributed by atoms with Gasteiger partial charge in [-0.1, -0.05) is 11.6 Å². The first kappa shape index (κ1) is 50.2. The molecule has 3 N–H and O–H groups in total. The van der Waals surface area contributed by atoms with Crippen LogP contribution in [0.3, 0.4) is 0 Å². The molecule has 5 aliphatic rings. The second-order valence-corrected chi connectivity index (χ2v) is 24.4. The number of amides is 4. The molecule has 8 heterocycles. The SMILES string of the molecule is COc1c(Nc2ncc(Cl)c(Nc3ccc4nccnc4c3P(C)(C)=O)n2)cc(-c2cnn(C)c2)c(N2CCC3(CCN(CC4CCN(c5ccc6c(c5)C(=O)N(C5CCC(=O)NC5=O)C6=O)CC4)CC3)CC2)c1F. The summed E-state index contributed by atoms with van der Waals surface area (Å²) in [4.78, 5) is 77.0. The summed E-state index contributed by atoms with van der Waals surface area (Å²) in [6.45, 7) is 9.39. The van der Waals surface area contributed by atoms with E-state index in [1.54, 1.807) is 60.9 Å². The molecule has 3 aromatic heterocycles. The molecule has 11 rings (SSSR count). The molecule has 22 heteroatoms. The zero-order chi connectivity index (χ0) is 52.3. The van der Waals surface area contributed by atoms with Gasteiger partial charge in [0.2, 0.25) is 17.8 Å². The molecular weight excluding hydrogens is 1000 g/mol. The molecule has 1 spiro atoms. The van der Waals surface area contributed by atoms with Gasteiger partial charge in [-0.05, 0) is 119 Å².